The smallest absolute Gasteiger partial charge is 0.165 e. The molecule has 5 unspecified atom stereocenters. The highest BCUT2D eigenvalue weighted by atomic mass is 35.5. The maximum absolute atomic E-state index is 12.3. The predicted octanol–water partition coefficient (Wildman–Crippen LogP) is 4.85. The predicted molar refractivity (Wildman–Crippen MR) is 134 cm³/mol. The van der Waals surface area contributed by atoms with Crippen LogP contribution in [0.3, 0.4) is 0 Å². The summed E-state index contributed by atoms with van der Waals surface area (Å²) in [7, 11) is 1.77. The molecule has 4 saturated carbocycles. The number of likely N-dealkylation sites (tertiary alicyclic amines) is 1. The lowest BCUT2D eigenvalue weighted by molar-refractivity contribution is -0.345. The number of rotatable bonds is 5. The molecule has 2 aliphatic heterocycles. The zero-order valence-corrected chi connectivity index (χ0v) is 21.8. The SMILES string of the molecule is COC1C2Oc3c(O)ccc4c3C23CCN(CC2CC2)C(C4)C32CC1(C(C)(O)c1ccc(Cl)s1)C2. The van der Waals surface area contributed by atoms with Crippen LogP contribution in [0.4, 0.5) is 0 Å². The third-order valence-corrected chi connectivity index (χ3v) is 12.6. The van der Waals surface area contributed by atoms with E-state index in [1.807, 2.05) is 25.1 Å². The highest BCUT2D eigenvalue weighted by Gasteiger charge is 2.86. The highest BCUT2D eigenvalue weighted by molar-refractivity contribution is 7.16. The van der Waals surface area contributed by atoms with Crippen LogP contribution in [0.5, 0.6) is 11.5 Å². The molecule has 2 aromatic rings. The number of phenolic OH excluding ortho intramolecular Hbond substituents is 1. The van der Waals surface area contributed by atoms with E-state index in [2.05, 4.69) is 11.0 Å². The zero-order valence-electron chi connectivity index (χ0n) is 20.2. The van der Waals surface area contributed by atoms with Gasteiger partial charge in [0.05, 0.1) is 4.34 Å². The Hall–Kier alpha value is -1.31. The minimum absolute atomic E-state index is 0.0108. The summed E-state index contributed by atoms with van der Waals surface area (Å²) < 4.78 is 13.8. The standard InChI is InChI=1S/C28H32ClNO4S/c1-25(32,19-7-8-20(29)35-19)27-13-26(14-27)18-11-16-5-6-17(31)22-21(16)28(26,24(34-22)23(27)33-2)9-10-30(18)12-15-3-4-15/h5-8,15,18,23-24,31-32H,3-4,9-14H2,1-2H3. The Balaban J connectivity index is 1.33. The van der Waals surface area contributed by atoms with Crippen molar-refractivity contribution in [1.29, 1.82) is 0 Å². The quantitative estimate of drug-likeness (QED) is 0.598. The van der Waals surface area contributed by atoms with Crippen molar-refractivity contribution in [2.45, 2.75) is 74.7 Å². The molecule has 7 aliphatic rings. The maximum atomic E-state index is 12.3. The maximum Gasteiger partial charge on any atom is 0.165 e. The number of hydrogen-bond acceptors (Lipinski definition) is 6. The van der Waals surface area contributed by atoms with Crippen LogP contribution in [-0.4, -0.2) is 53.6 Å². The lowest BCUT2D eigenvalue weighted by Gasteiger charge is -2.80. The number of aliphatic hydroxyl groups is 1. The van der Waals surface area contributed by atoms with E-state index >= 15 is 0 Å². The normalized spacial score (nSPS) is 42.1. The van der Waals surface area contributed by atoms with Crippen LogP contribution in [0, 0.1) is 16.7 Å². The van der Waals surface area contributed by atoms with Gasteiger partial charge in [-0.2, -0.15) is 0 Å². The Morgan fingerprint density at radius 2 is 2.06 bits per heavy atom. The molecule has 0 radical (unpaired) electrons. The van der Waals surface area contributed by atoms with Crippen molar-refractivity contribution >= 4 is 22.9 Å². The largest absolute Gasteiger partial charge is 0.504 e. The molecule has 2 N–H and O–H groups in total. The molecule has 5 aliphatic carbocycles. The van der Waals surface area contributed by atoms with Gasteiger partial charge in [0, 0.05) is 46.4 Å². The van der Waals surface area contributed by atoms with Crippen LogP contribution in [0.15, 0.2) is 24.3 Å². The van der Waals surface area contributed by atoms with Gasteiger partial charge in [-0.05, 0) is 81.7 Å². The molecule has 0 amide bonds. The van der Waals surface area contributed by atoms with Gasteiger partial charge >= 0.3 is 0 Å². The second-order valence-electron chi connectivity index (χ2n) is 12.4. The summed E-state index contributed by atoms with van der Waals surface area (Å²) in [6.45, 7) is 4.21. The summed E-state index contributed by atoms with van der Waals surface area (Å²) in [4.78, 5) is 3.67. The Morgan fingerprint density at radius 1 is 1.26 bits per heavy atom. The number of halogens is 1. The number of hydrogen-bond donors (Lipinski definition) is 2. The summed E-state index contributed by atoms with van der Waals surface area (Å²) in [5.74, 6) is 1.74. The van der Waals surface area contributed by atoms with E-state index in [1.54, 1.807) is 7.11 Å². The molecule has 1 saturated heterocycles. The molecule has 5 nitrogen and oxygen atoms in total. The molecule has 35 heavy (non-hydrogen) atoms. The molecule has 5 fully saturated rings. The van der Waals surface area contributed by atoms with Crippen molar-refractivity contribution in [3.05, 3.63) is 44.6 Å². The van der Waals surface area contributed by atoms with E-state index in [4.69, 9.17) is 21.1 Å². The third-order valence-electron chi connectivity index (χ3n) is 11.1. The fraction of sp³-hybridized carbons (Fsp3) is 0.643. The van der Waals surface area contributed by atoms with Gasteiger partial charge in [0.1, 0.15) is 17.8 Å². The Bertz CT molecular complexity index is 1250. The first-order chi connectivity index (χ1) is 16.8. The lowest BCUT2D eigenvalue weighted by Crippen LogP contribution is -2.85. The average molecular weight is 514 g/mol. The molecule has 5 atom stereocenters. The van der Waals surface area contributed by atoms with Crippen LogP contribution in [0.2, 0.25) is 4.34 Å². The molecule has 4 bridgehead atoms. The molecular weight excluding hydrogens is 482 g/mol. The summed E-state index contributed by atoms with van der Waals surface area (Å²) in [6.07, 6.45) is 6.03. The summed E-state index contributed by atoms with van der Waals surface area (Å²) in [5.41, 5.74) is 0.859. The fourth-order valence-electron chi connectivity index (χ4n) is 9.54. The first-order valence-corrected chi connectivity index (χ1v) is 14.2. The number of nitrogens with zero attached hydrogens (tertiary/aromatic N) is 1. The number of thiophene rings is 1. The first-order valence-electron chi connectivity index (χ1n) is 13.0. The molecule has 3 heterocycles. The lowest BCUT2D eigenvalue weighted by atomic mass is 9.27. The Labute approximate surface area is 215 Å². The van der Waals surface area contributed by atoms with Crippen LogP contribution >= 0.6 is 22.9 Å². The van der Waals surface area contributed by atoms with Crippen molar-refractivity contribution in [1.82, 2.24) is 4.90 Å². The van der Waals surface area contributed by atoms with Gasteiger partial charge in [-0.3, -0.25) is 4.90 Å². The second kappa shape index (κ2) is 6.57. The molecule has 186 valence electrons. The van der Waals surface area contributed by atoms with E-state index in [9.17, 15) is 10.2 Å². The summed E-state index contributed by atoms with van der Waals surface area (Å²) >= 11 is 7.79. The van der Waals surface area contributed by atoms with Crippen LogP contribution in [-0.2, 0) is 22.2 Å². The number of benzene rings is 1. The van der Waals surface area contributed by atoms with E-state index in [0.717, 1.165) is 43.0 Å². The number of methoxy groups -OCH3 is 1. The fourth-order valence-corrected chi connectivity index (χ4v) is 10.7. The molecule has 7 heteroatoms. The van der Waals surface area contributed by atoms with Gasteiger partial charge in [-0.1, -0.05) is 17.7 Å². The van der Waals surface area contributed by atoms with Crippen molar-refractivity contribution in [2.24, 2.45) is 16.7 Å². The second-order valence-corrected chi connectivity index (χ2v) is 14.1. The number of aromatic hydroxyl groups is 1. The van der Waals surface area contributed by atoms with Crippen molar-refractivity contribution in [2.75, 3.05) is 20.2 Å². The van der Waals surface area contributed by atoms with Gasteiger partial charge in [-0.25, -0.2) is 0 Å². The molecule has 1 aromatic carbocycles. The van der Waals surface area contributed by atoms with E-state index < -0.39 is 11.0 Å². The summed E-state index contributed by atoms with van der Waals surface area (Å²) in [6, 6.07) is 8.23. The Kier molecular flexibility index (Phi) is 4.08. The molecular formula is C28H32ClNO4S. The average Bonchev–Trinajstić information content (AvgIpc) is 3.39. The monoisotopic (exact) mass is 513 g/mol. The van der Waals surface area contributed by atoms with Crippen molar-refractivity contribution in [3.63, 3.8) is 0 Å². The number of ether oxygens (including phenoxy) is 2. The molecule has 1 aromatic heterocycles. The van der Waals surface area contributed by atoms with E-state index in [1.165, 1.54) is 41.9 Å². The third kappa shape index (κ3) is 2.30. The summed E-state index contributed by atoms with van der Waals surface area (Å²) in [5, 5.41) is 23.2. The topological polar surface area (TPSA) is 62.2 Å². The van der Waals surface area contributed by atoms with E-state index in [-0.39, 0.29) is 28.8 Å². The molecule has 9 rings (SSSR count). The van der Waals surface area contributed by atoms with Gasteiger partial charge < -0.3 is 19.7 Å². The minimum atomic E-state index is -1.09. The van der Waals surface area contributed by atoms with Crippen LogP contribution in [0.1, 0.15) is 55.0 Å². The van der Waals surface area contributed by atoms with Crippen molar-refractivity contribution in [3.8, 4) is 11.5 Å². The van der Waals surface area contributed by atoms with Crippen molar-refractivity contribution < 1.29 is 19.7 Å². The van der Waals surface area contributed by atoms with Crippen LogP contribution in [0.25, 0.3) is 0 Å². The number of piperidine rings is 1. The zero-order chi connectivity index (χ0) is 24.0. The minimum Gasteiger partial charge on any atom is -0.504 e. The molecule has 2 spiro atoms. The van der Waals surface area contributed by atoms with Crippen LogP contribution < -0.4 is 4.74 Å². The Morgan fingerprint density at radius 3 is 2.74 bits per heavy atom. The van der Waals surface area contributed by atoms with Gasteiger partial charge in [0.2, 0.25) is 0 Å². The highest BCUT2D eigenvalue weighted by Crippen LogP contribution is 2.83. The first kappa shape index (κ1) is 21.7. The van der Waals surface area contributed by atoms with Gasteiger partial charge in [0.25, 0.3) is 0 Å². The van der Waals surface area contributed by atoms with Gasteiger partial charge in [-0.15, -0.1) is 11.3 Å². The number of phenols is 1. The van der Waals surface area contributed by atoms with Gasteiger partial charge in [0.15, 0.2) is 11.5 Å². The van der Waals surface area contributed by atoms with E-state index in [0.29, 0.717) is 16.1 Å².